The Kier molecular flexibility index (Phi) is 10.6. The number of anilines is 8. The van der Waals surface area contributed by atoms with Crippen molar-refractivity contribution in [3.8, 4) is 33.4 Å². The summed E-state index contributed by atoms with van der Waals surface area (Å²) < 4.78 is 0. The van der Waals surface area contributed by atoms with Crippen molar-refractivity contribution < 1.29 is 0 Å². The van der Waals surface area contributed by atoms with E-state index in [1.807, 2.05) is 12.4 Å². The second-order valence-corrected chi connectivity index (χ2v) is 23.9. The standard InChI is InChI=1S/C69H65BN4/c1-66(2,3)50-32-35-58(53(41-50)46-22-11-9-12-23-46)72-61-29-17-15-27-56(61)70-57-28-16-18-30-62(57)73(59-36-33-51(67(4,5)6)42-54(59)47-24-13-10-14-25-47)64-44-52(43-63(72)65(64)70)74-60-34-31-48(49-26-21-39-71-45-49)40-55(60)68(7)37-19-20-38-69(68,74)8/h9-18,21-36,39-45H,19-20,37-38H2,1-8H3. The van der Waals surface area contributed by atoms with Crippen molar-refractivity contribution in [3.63, 3.8) is 0 Å². The summed E-state index contributed by atoms with van der Waals surface area (Å²) >= 11 is 0. The van der Waals surface area contributed by atoms with Gasteiger partial charge in [-0.3, -0.25) is 4.98 Å². The van der Waals surface area contributed by atoms with E-state index in [0.717, 1.165) is 18.4 Å². The van der Waals surface area contributed by atoms with Crippen molar-refractivity contribution in [2.45, 2.75) is 103 Å². The number of nitrogens with zero attached hydrogens (tertiary/aromatic N) is 4. The molecule has 364 valence electrons. The summed E-state index contributed by atoms with van der Waals surface area (Å²) in [5.74, 6) is 0. The van der Waals surface area contributed by atoms with E-state index in [1.165, 1.54) is 119 Å². The molecule has 13 rings (SSSR count). The minimum atomic E-state index is -0.205. The largest absolute Gasteiger partial charge is 0.334 e. The Hall–Kier alpha value is -7.63. The van der Waals surface area contributed by atoms with Gasteiger partial charge in [0.25, 0.3) is 6.71 Å². The first-order valence-corrected chi connectivity index (χ1v) is 26.9. The molecule has 1 aliphatic carbocycles. The van der Waals surface area contributed by atoms with E-state index >= 15 is 0 Å². The first-order valence-electron chi connectivity index (χ1n) is 26.9. The minimum Gasteiger partial charge on any atom is -0.334 e. The second-order valence-electron chi connectivity index (χ2n) is 23.9. The Morgan fingerprint density at radius 1 is 0.446 bits per heavy atom. The Bertz CT molecular complexity index is 3470. The number of rotatable bonds is 6. The highest BCUT2D eigenvalue weighted by molar-refractivity contribution is 7.00. The van der Waals surface area contributed by atoms with Crippen molar-refractivity contribution in [1.82, 2.24) is 4.98 Å². The summed E-state index contributed by atoms with van der Waals surface area (Å²) in [7, 11) is 0. The number of hydrogen-bond donors (Lipinski definition) is 0. The molecule has 0 saturated heterocycles. The normalized spacial score (nSPS) is 18.6. The van der Waals surface area contributed by atoms with Crippen LogP contribution in [0.25, 0.3) is 33.4 Å². The smallest absolute Gasteiger partial charge is 0.252 e. The van der Waals surface area contributed by atoms with Crippen LogP contribution in [-0.2, 0) is 16.2 Å². The summed E-state index contributed by atoms with van der Waals surface area (Å²) in [4.78, 5) is 12.6. The number of para-hydroxylation sites is 2. The fraction of sp³-hybridized carbons (Fsp3) is 0.232. The predicted molar refractivity (Wildman–Crippen MR) is 315 cm³/mol. The van der Waals surface area contributed by atoms with Crippen molar-refractivity contribution in [1.29, 1.82) is 0 Å². The van der Waals surface area contributed by atoms with Crippen LogP contribution >= 0.6 is 0 Å². The second kappa shape index (κ2) is 17.0. The molecule has 9 aromatic rings. The molecule has 8 aromatic carbocycles. The fourth-order valence-electron chi connectivity index (χ4n) is 13.5. The van der Waals surface area contributed by atoms with Crippen molar-refractivity contribution >= 4 is 68.6 Å². The highest BCUT2D eigenvalue weighted by atomic mass is 15.3. The van der Waals surface area contributed by atoms with E-state index in [-0.39, 0.29) is 28.5 Å². The van der Waals surface area contributed by atoms with Gasteiger partial charge in [-0.1, -0.05) is 183 Å². The van der Waals surface area contributed by atoms with Gasteiger partial charge in [0.2, 0.25) is 0 Å². The topological polar surface area (TPSA) is 22.6 Å². The van der Waals surface area contributed by atoms with Gasteiger partial charge < -0.3 is 14.7 Å². The number of pyridine rings is 1. The van der Waals surface area contributed by atoms with E-state index < -0.39 is 0 Å². The summed E-state index contributed by atoms with van der Waals surface area (Å²) in [6.45, 7) is 19.1. The van der Waals surface area contributed by atoms with Gasteiger partial charge in [0.05, 0.1) is 16.9 Å². The van der Waals surface area contributed by atoms with Crippen LogP contribution in [0.1, 0.15) is 97.8 Å². The van der Waals surface area contributed by atoms with Gasteiger partial charge in [-0.15, -0.1) is 0 Å². The van der Waals surface area contributed by atoms with Gasteiger partial charge in [0.1, 0.15) is 0 Å². The summed E-state index contributed by atoms with van der Waals surface area (Å²) in [5, 5.41) is 0. The maximum absolute atomic E-state index is 4.56. The third kappa shape index (κ3) is 7.06. The first-order chi connectivity index (χ1) is 35.7. The average molecular weight is 961 g/mol. The lowest BCUT2D eigenvalue weighted by Crippen LogP contribution is -2.61. The van der Waals surface area contributed by atoms with E-state index in [2.05, 4.69) is 263 Å². The van der Waals surface area contributed by atoms with E-state index in [9.17, 15) is 0 Å². The molecule has 2 unspecified atom stereocenters. The summed E-state index contributed by atoms with van der Waals surface area (Å²) in [6, 6.07) is 71.8. The first kappa shape index (κ1) is 46.2. The Balaban J connectivity index is 1.15. The lowest BCUT2D eigenvalue weighted by atomic mass is 9.33. The van der Waals surface area contributed by atoms with Gasteiger partial charge in [0.15, 0.2) is 0 Å². The highest BCUT2D eigenvalue weighted by Crippen LogP contribution is 2.62. The molecule has 1 saturated carbocycles. The van der Waals surface area contributed by atoms with Crippen molar-refractivity contribution in [3.05, 3.63) is 217 Å². The molecule has 2 atom stereocenters. The average Bonchev–Trinajstić information content (AvgIpc) is 3.71. The maximum atomic E-state index is 4.56. The maximum Gasteiger partial charge on any atom is 0.252 e. The number of benzene rings is 8. The van der Waals surface area contributed by atoms with E-state index in [4.69, 9.17) is 0 Å². The zero-order valence-corrected chi connectivity index (χ0v) is 44.2. The summed E-state index contributed by atoms with van der Waals surface area (Å²) in [5.41, 5.74) is 24.6. The fourth-order valence-corrected chi connectivity index (χ4v) is 13.5. The van der Waals surface area contributed by atoms with Crippen molar-refractivity contribution in [2.24, 2.45) is 0 Å². The molecule has 4 nitrogen and oxygen atoms in total. The minimum absolute atomic E-state index is 0.0135. The third-order valence-electron chi connectivity index (χ3n) is 17.6. The molecule has 4 aliphatic rings. The molecule has 4 heterocycles. The van der Waals surface area contributed by atoms with Crippen LogP contribution in [0.3, 0.4) is 0 Å². The lowest BCUT2D eigenvalue weighted by molar-refractivity contribution is 0.195. The molecule has 5 heteroatoms. The molecule has 0 N–H and O–H groups in total. The monoisotopic (exact) mass is 961 g/mol. The molecule has 3 aliphatic heterocycles. The van der Waals surface area contributed by atoms with Crippen LogP contribution in [0, 0.1) is 0 Å². The molecule has 74 heavy (non-hydrogen) atoms. The van der Waals surface area contributed by atoms with Crippen molar-refractivity contribution in [2.75, 3.05) is 14.7 Å². The quantitative estimate of drug-likeness (QED) is 0.155. The van der Waals surface area contributed by atoms with Gasteiger partial charge >= 0.3 is 0 Å². The molecule has 0 bridgehead atoms. The zero-order valence-electron chi connectivity index (χ0n) is 44.2. The molecular formula is C69H65BN4. The van der Waals surface area contributed by atoms with Crippen LogP contribution < -0.4 is 31.1 Å². The molecule has 0 radical (unpaired) electrons. The third-order valence-corrected chi connectivity index (χ3v) is 17.6. The van der Waals surface area contributed by atoms with E-state index in [0.29, 0.717) is 0 Å². The molecule has 0 spiro atoms. The zero-order chi connectivity index (χ0) is 50.7. The molecule has 0 amide bonds. The SMILES string of the molecule is CC(C)(C)c1ccc(N2c3ccccc3B3c4ccccc4N(c4ccc(C(C)(C)C)cc4-c4ccccc4)c4cc(N5c6ccc(-c7cccnc7)cc6C6(C)CCCCC56C)cc2c43)c(-c2ccccc2)c1. The van der Waals surface area contributed by atoms with Crippen LogP contribution in [0.5, 0.6) is 0 Å². The molecule has 1 aromatic heterocycles. The Morgan fingerprint density at radius 2 is 0.946 bits per heavy atom. The molecular weight excluding hydrogens is 896 g/mol. The van der Waals surface area contributed by atoms with Crippen LogP contribution in [0.2, 0.25) is 0 Å². The molecule has 1 fully saturated rings. The van der Waals surface area contributed by atoms with Crippen LogP contribution in [0.15, 0.2) is 200 Å². The number of aromatic nitrogens is 1. The highest BCUT2D eigenvalue weighted by Gasteiger charge is 2.58. The van der Waals surface area contributed by atoms with Crippen LogP contribution in [-0.4, -0.2) is 17.2 Å². The summed E-state index contributed by atoms with van der Waals surface area (Å²) in [6.07, 6.45) is 8.50. The lowest BCUT2D eigenvalue weighted by Gasteiger charge is -2.51. The van der Waals surface area contributed by atoms with Gasteiger partial charge in [0, 0.05) is 63.1 Å². The van der Waals surface area contributed by atoms with Gasteiger partial charge in [-0.25, -0.2) is 0 Å². The number of hydrogen-bond acceptors (Lipinski definition) is 4. The van der Waals surface area contributed by atoms with Gasteiger partial charge in [-0.2, -0.15) is 0 Å². The number of fused-ring (bicyclic) bond motifs is 7. The van der Waals surface area contributed by atoms with Gasteiger partial charge in [-0.05, 0) is 153 Å². The Labute approximate surface area is 439 Å². The van der Waals surface area contributed by atoms with Crippen LogP contribution in [0.4, 0.5) is 45.5 Å². The van der Waals surface area contributed by atoms with E-state index in [1.54, 1.807) is 0 Å². The predicted octanol–water partition coefficient (Wildman–Crippen LogP) is 16.5. The Morgan fingerprint density at radius 3 is 1.47 bits per heavy atom.